The van der Waals surface area contributed by atoms with Gasteiger partial charge in [0.05, 0.1) is 0 Å². The van der Waals surface area contributed by atoms with Crippen molar-refractivity contribution in [3.05, 3.63) is 29.8 Å². The Labute approximate surface area is 139 Å². The summed E-state index contributed by atoms with van der Waals surface area (Å²) in [5, 5.41) is 6.58. The van der Waals surface area contributed by atoms with Gasteiger partial charge in [-0.3, -0.25) is 9.79 Å². The number of hydrogen-bond donors (Lipinski definition) is 2. The molecule has 0 saturated heterocycles. The Hall–Kier alpha value is -2.04. The van der Waals surface area contributed by atoms with E-state index >= 15 is 0 Å². The number of rotatable bonds is 6. The first-order valence-electron chi connectivity index (χ1n) is 8.51. The summed E-state index contributed by atoms with van der Waals surface area (Å²) in [7, 11) is 1.77. The highest BCUT2D eigenvalue weighted by molar-refractivity contribution is 5.95. The largest absolute Gasteiger partial charge is 0.356 e. The highest BCUT2D eigenvalue weighted by atomic mass is 16.2. The van der Waals surface area contributed by atoms with Crippen LogP contribution >= 0.6 is 0 Å². The van der Waals surface area contributed by atoms with E-state index < -0.39 is 0 Å². The number of fused-ring (bicyclic) bond motifs is 1. The third kappa shape index (κ3) is 4.71. The van der Waals surface area contributed by atoms with Crippen LogP contribution in [0.15, 0.2) is 29.3 Å². The SMILES string of the molecule is CCC(C)NC(=NC)NCCCC(=O)N1CCc2ccccc21. The Morgan fingerprint density at radius 2 is 2.17 bits per heavy atom. The molecule has 126 valence electrons. The van der Waals surface area contributed by atoms with Gasteiger partial charge in [0, 0.05) is 38.3 Å². The number of carbonyl (C=O) groups excluding carboxylic acids is 1. The molecule has 5 nitrogen and oxygen atoms in total. The van der Waals surface area contributed by atoms with E-state index in [1.165, 1.54) is 5.56 Å². The minimum Gasteiger partial charge on any atom is -0.356 e. The van der Waals surface area contributed by atoms with Gasteiger partial charge in [0.1, 0.15) is 0 Å². The van der Waals surface area contributed by atoms with Gasteiger partial charge in [0.25, 0.3) is 0 Å². The lowest BCUT2D eigenvalue weighted by molar-refractivity contribution is -0.118. The molecule has 0 aliphatic carbocycles. The Kier molecular flexibility index (Phi) is 6.44. The van der Waals surface area contributed by atoms with Gasteiger partial charge in [-0.15, -0.1) is 0 Å². The molecule has 23 heavy (non-hydrogen) atoms. The summed E-state index contributed by atoms with van der Waals surface area (Å²) in [6.45, 7) is 5.82. The van der Waals surface area contributed by atoms with Gasteiger partial charge in [-0.25, -0.2) is 0 Å². The van der Waals surface area contributed by atoms with Crippen LogP contribution in [0.4, 0.5) is 5.69 Å². The van der Waals surface area contributed by atoms with Crippen LogP contribution in [-0.2, 0) is 11.2 Å². The minimum atomic E-state index is 0.210. The first kappa shape index (κ1) is 17.3. The van der Waals surface area contributed by atoms with Crippen LogP contribution in [0.2, 0.25) is 0 Å². The number of amides is 1. The Balaban J connectivity index is 1.74. The van der Waals surface area contributed by atoms with E-state index in [2.05, 4.69) is 35.5 Å². The van der Waals surface area contributed by atoms with Gasteiger partial charge in [-0.2, -0.15) is 0 Å². The van der Waals surface area contributed by atoms with Crippen molar-refractivity contribution >= 4 is 17.6 Å². The smallest absolute Gasteiger partial charge is 0.227 e. The zero-order valence-corrected chi connectivity index (χ0v) is 14.4. The van der Waals surface area contributed by atoms with Crippen molar-refractivity contribution in [2.45, 2.75) is 45.6 Å². The fraction of sp³-hybridized carbons (Fsp3) is 0.556. The predicted octanol–water partition coefficient (Wildman–Crippen LogP) is 2.32. The van der Waals surface area contributed by atoms with E-state index in [0.717, 1.165) is 44.0 Å². The predicted molar refractivity (Wildman–Crippen MR) is 96.0 cm³/mol. The number of nitrogens with zero attached hydrogens (tertiary/aromatic N) is 2. The van der Waals surface area contributed by atoms with E-state index in [4.69, 9.17) is 0 Å². The van der Waals surface area contributed by atoms with Crippen molar-refractivity contribution in [2.75, 3.05) is 25.0 Å². The third-order valence-corrected chi connectivity index (χ3v) is 4.27. The van der Waals surface area contributed by atoms with Crippen LogP contribution in [-0.4, -0.2) is 38.0 Å². The lowest BCUT2D eigenvalue weighted by atomic mass is 10.2. The van der Waals surface area contributed by atoms with Gasteiger partial charge in [-0.1, -0.05) is 25.1 Å². The molecule has 5 heteroatoms. The number of nitrogens with one attached hydrogen (secondary N) is 2. The molecule has 1 atom stereocenters. The third-order valence-electron chi connectivity index (χ3n) is 4.27. The average Bonchev–Trinajstić information content (AvgIpc) is 3.01. The molecule has 1 aromatic carbocycles. The summed E-state index contributed by atoms with van der Waals surface area (Å²) in [6.07, 6.45) is 3.37. The van der Waals surface area contributed by atoms with Crippen LogP contribution in [0.5, 0.6) is 0 Å². The number of hydrogen-bond acceptors (Lipinski definition) is 2. The summed E-state index contributed by atoms with van der Waals surface area (Å²) in [5.74, 6) is 1.01. The maximum absolute atomic E-state index is 12.4. The molecule has 2 N–H and O–H groups in total. The summed E-state index contributed by atoms with van der Waals surface area (Å²) >= 11 is 0. The molecule has 0 radical (unpaired) electrons. The van der Waals surface area contributed by atoms with E-state index in [-0.39, 0.29) is 5.91 Å². The average molecular weight is 316 g/mol. The first-order valence-corrected chi connectivity index (χ1v) is 8.51. The number of aliphatic imine (C=N–C) groups is 1. The van der Waals surface area contributed by atoms with Crippen molar-refractivity contribution in [1.82, 2.24) is 10.6 Å². The molecule has 2 rings (SSSR count). The van der Waals surface area contributed by atoms with E-state index in [1.54, 1.807) is 7.05 Å². The highest BCUT2D eigenvalue weighted by Crippen LogP contribution is 2.27. The van der Waals surface area contributed by atoms with Gasteiger partial charge < -0.3 is 15.5 Å². The summed E-state index contributed by atoms with van der Waals surface area (Å²) in [6, 6.07) is 8.57. The quantitative estimate of drug-likeness (QED) is 0.481. The van der Waals surface area contributed by atoms with Crippen molar-refractivity contribution in [3.8, 4) is 0 Å². The molecule has 0 fully saturated rings. The van der Waals surface area contributed by atoms with Gasteiger partial charge in [0.15, 0.2) is 5.96 Å². The molecular weight excluding hydrogens is 288 g/mol. The summed E-state index contributed by atoms with van der Waals surface area (Å²) in [5.41, 5.74) is 2.36. The maximum Gasteiger partial charge on any atom is 0.227 e. The Morgan fingerprint density at radius 1 is 1.39 bits per heavy atom. The lowest BCUT2D eigenvalue weighted by Gasteiger charge is -2.18. The second kappa shape index (κ2) is 8.56. The first-order chi connectivity index (χ1) is 11.2. The Bertz CT molecular complexity index is 556. The van der Waals surface area contributed by atoms with E-state index in [0.29, 0.717) is 12.5 Å². The maximum atomic E-state index is 12.4. The molecule has 0 saturated carbocycles. The highest BCUT2D eigenvalue weighted by Gasteiger charge is 2.23. The Morgan fingerprint density at radius 3 is 2.91 bits per heavy atom. The zero-order valence-electron chi connectivity index (χ0n) is 14.4. The fourth-order valence-corrected chi connectivity index (χ4v) is 2.71. The molecule has 1 amide bonds. The fourth-order valence-electron chi connectivity index (χ4n) is 2.71. The minimum absolute atomic E-state index is 0.210. The molecule has 1 heterocycles. The van der Waals surface area contributed by atoms with Crippen LogP contribution in [0.1, 0.15) is 38.7 Å². The van der Waals surface area contributed by atoms with E-state index in [9.17, 15) is 4.79 Å². The molecule has 1 aliphatic rings. The van der Waals surface area contributed by atoms with Crippen LogP contribution < -0.4 is 15.5 Å². The molecule has 1 aromatic rings. The summed E-state index contributed by atoms with van der Waals surface area (Å²) in [4.78, 5) is 18.5. The molecule has 0 spiro atoms. The van der Waals surface area contributed by atoms with Gasteiger partial charge in [-0.05, 0) is 37.8 Å². The molecular formula is C18H28N4O. The second-order valence-electron chi connectivity index (χ2n) is 5.98. The molecule has 1 unspecified atom stereocenters. The number of para-hydroxylation sites is 1. The van der Waals surface area contributed by atoms with Crippen LogP contribution in [0, 0.1) is 0 Å². The number of guanidine groups is 1. The molecule has 1 aliphatic heterocycles. The molecule has 0 bridgehead atoms. The van der Waals surface area contributed by atoms with Crippen molar-refractivity contribution in [2.24, 2.45) is 4.99 Å². The number of anilines is 1. The zero-order chi connectivity index (χ0) is 16.7. The normalized spacial score (nSPS) is 15.3. The van der Waals surface area contributed by atoms with Crippen molar-refractivity contribution in [1.29, 1.82) is 0 Å². The number of carbonyl (C=O) groups is 1. The van der Waals surface area contributed by atoms with Crippen LogP contribution in [0.25, 0.3) is 0 Å². The number of benzene rings is 1. The van der Waals surface area contributed by atoms with Crippen LogP contribution in [0.3, 0.4) is 0 Å². The standard InChI is InChI=1S/C18H28N4O/c1-4-14(2)21-18(19-3)20-12-7-10-17(23)22-13-11-15-8-5-6-9-16(15)22/h5-6,8-9,14H,4,7,10-13H2,1-3H3,(H2,19,20,21). The monoisotopic (exact) mass is 316 g/mol. The van der Waals surface area contributed by atoms with Gasteiger partial charge in [0.2, 0.25) is 5.91 Å². The summed E-state index contributed by atoms with van der Waals surface area (Å²) < 4.78 is 0. The van der Waals surface area contributed by atoms with E-state index in [1.807, 2.05) is 23.1 Å². The van der Waals surface area contributed by atoms with Crippen molar-refractivity contribution < 1.29 is 4.79 Å². The molecule has 0 aromatic heterocycles. The topological polar surface area (TPSA) is 56.7 Å². The van der Waals surface area contributed by atoms with Gasteiger partial charge >= 0.3 is 0 Å². The lowest BCUT2D eigenvalue weighted by Crippen LogP contribution is -2.42. The second-order valence-corrected chi connectivity index (χ2v) is 5.98. The van der Waals surface area contributed by atoms with Crippen molar-refractivity contribution in [3.63, 3.8) is 0 Å².